The number of amides is 3. The molecule has 0 unspecified atom stereocenters. The lowest BCUT2D eigenvalue weighted by Gasteiger charge is -2.14. The molecule has 0 aliphatic carbocycles. The fourth-order valence-corrected chi connectivity index (χ4v) is 3.13. The number of aliphatic imine (C=N–C) groups is 1. The van der Waals surface area contributed by atoms with Crippen LogP contribution in [-0.4, -0.2) is 27.8 Å². The van der Waals surface area contributed by atoms with Gasteiger partial charge in [0.2, 0.25) is 0 Å². The second-order valence-corrected chi connectivity index (χ2v) is 6.25. The first-order valence-electron chi connectivity index (χ1n) is 8.24. The predicted molar refractivity (Wildman–Crippen MR) is 97.5 cm³/mol. The maximum Gasteiger partial charge on any atom is 0.355 e. The van der Waals surface area contributed by atoms with Gasteiger partial charge in [0, 0.05) is 11.8 Å². The Morgan fingerprint density at radius 2 is 1.75 bits per heavy atom. The maximum absolute atomic E-state index is 14.3. The number of anilines is 1. The number of carbonyl (C=O) groups is 2. The zero-order chi connectivity index (χ0) is 20.0. The minimum Gasteiger partial charge on any atom is -0.267 e. The van der Waals surface area contributed by atoms with Crippen molar-refractivity contribution in [2.45, 2.75) is 13.3 Å². The van der Waals surface area contributed by atoms with E-state index in [1.165, 1.54) is 6.92 Å². The van der Waals surface area contributed by atoms with E-state index in [1.807, 2.05) is 0 Å². The van der Waals surface area contributed by atoms with Crippen molar-refractivity contribution < 1.29 is 18.4 Å². The molecule has 0 bridgehead atoms. The summed E-state index contributed by atoms with van der Waals surface area (Å²) in [5.41, 5.74) is 0.252. The van der Waals surface area contributed by atoms with E-state index in [2.05, 4.69) is 15.2 Å². The number of rotatable bonds is 3. The highest BCUT2D eigenvalue weighted by atomic mass is 19.1. The molecule has 0 spiro atoms. The highest BCUT2D eigenvalue weighted by molar-refractivity contribution is 6.53. The molecule has 9 heteroatoms. The number of urea groups is 1. The van der Waals surface area contributed by atoms with Crippen LogP contribution >= 0.6 is 0 Å². The zero-order valence-electron chi connectivity index (χ0n) is 14.5. The SMILES string of the molecule is CC1=NC(=O)N(c2cccc(Cc3n[nH]c(=O)c4c(F)ccc(F)c34)c2)C1=O. The lowest BCUT2D eigenvalue weighted by molar-refractivity contribution is -0.111. The Balaban J connectivity index is 1.77. The third kappa shape index (κ3) is 2.77. The Kier molecular flexibility index (Phi) is 4.07. The van der Waals surface area contributed by atoms with Crippen LogP contribution in [0, 0.1) is 11.6 Å². The van der Waals surface area contributed by atoms with E-state index in [4.69, 9.17) is 0 Å². The monoisotopic (exact) mass is 382 g/mol. The molecule has 1 aliphatic rings. The number of H-pyrrole nitrogens is 1. The van der Waals surface area contributed by atoms with Crippen molar-refractivity contribution in [1.82, 2.24) is 10.2 Å². The summed E-state index contributed by atoms with van der Waals surface area (Å²) in [4.78, 5) is 40.5. The molecule has 1 aliphatic heterocycles. The van der Waals surface area contributed by atoms with Crippen LogP contribution in [0.3, 0.4) is 0 Å². The standard InChI is InChI=1S/C19H12F2N4O3/c1-9-18(27)25(19(28)22-9)11-4-2-3-10(7-11)8-14-15-12(20)5-6-13(21)16(15)17(26)24-23-14/h2-7H,8H2,1H3,(H,24,26). The average molecular weight is 382 g/mol. The third-order valence-corrected chi connectivity index (χ3v) is 4.42. The molecule has 2 heterocycles. The second kappa shape index (κ2) is 6.45. The smallest absolute Gasteiger partial charge is 0.267 e. The first kappa shape index (κ1) is 17.7. The molecule has 0 saturated carbocycles. The summed E-state index contributed by atoms with van der Waals surface area (Å²) < 4.78 is 28.3. The molecule has 0 fully saturated rings. The minimum absolute atomic E-state index is 0.0392. The van der Waals surface area contributed by atoms with Crippen molar-refractivity contribution in [1.29, 1.82) is 0 Å². The lowest BCUT2D eigenvalue weighted by Crippen LogP contribution is -2.31. The number of fused-ring (bicyclic) bond motifs is 1. The Bertz CT molecular complexity index is 1250. The van der Waals surface area contributed by atoms with Crippen LogP contribution in [-0.2, 0) is 11.2 Å². The number of hydrogen-bond donors (Lipinski definition) is 1. The van der Waals surface area contributed by atoms with E-state index in [0.717, 1.165) is 17.0 Å². The topological polar surface area (TPSA) is 95.5 Å². The number of benzene rings is 2. The molecule has 7 nitrogen and oxygen atoms in total. The number of hydrogen-bond acceptors (Lipinski definition) is 4. The molecule has 1 N–H and O–H groups in total. The Morgan fingerprint density at radius 1 is 1.04 bits per heavy atom. The molecular weight excluding hydrogens is 370 g/mol. The summed E-state index contributed by atoms with van der Waals surface area (Å²) in [6, 6.07) is 7.53. The third-order valence-electron chi connectivity index (χ3n) is 4.42. The largest absolute Gasteiger partial charge is 0.355 e. The molecule has 4 rings (SSSR count). The van der Waals surface area contributed by atoms with Crippen molar-refractivity contribution >= 4 is 34.1 Å². The van der Waals surface area contributed by atoms with Crippen molar-refractivity contribution in [2.24, 2.45) is 4.99 Å². The van der Waals surface area contributed by atoms with E-state index >= 15 is 0 Å². The number of halogens is 2. The molecule has 0 saturated heterocycles. The van der Waals surface area contributed by atoms with Gasteiger partial charge in [-0.05, 0) is 36.8 Å². The average Bonchev–Trinajstić information content (AvgIpc) is 2.92. The van der Waals surface area contributed by atoms with E-state index in [9.17, 15) is 23.2 Å². The first-order valence-corrected chi connectivity index (χ1v) is 8.24. The molecule has 1 aromatic heterocycles. The van der Waals surface area contributed by atoms with Gasteiger partial charge in [-0.25, -0.2) is 23.6 Å². The van der Waals surface area contributed by atoms with Gasteiger partial charge < -0.3 is 0 Å². The van der Waals surface area contributed by atoms with Crippen molar-refractivity contribution in [3.8, 4) is 0 Å². The normalized spacial score (nSPS) is 14.1. The summed E-state index contributed by atoms with van der Waals surface area (Å²) in [5, 5.41) is 5.42. The Morgan fingerprint density at radius 3 is 2.43 bits per heavy atom. The number of imide groups is 1. The van der Waals surface area contributed by atoms with E-state index in [1.54, 1.807) is 24.3 Å². The Labute approximate surface area is 156 Å². The maximum atomic E-state index is 14.3. The Hall–Kier alpha value is -3.75. The number of nitrogens with one attached hydrogen (secondary N) is 1. The van der Waals surface area contributed by atoms with Crippen LogP contribution in [0.2, 0.25) is 0 Å². The molecule has 0 radical (unpaired) electrons. The van der Waals surface area contributed by atoms with Crippen LogP contribution in [0.5, 0.6) is 0 Å². The summed E-state index contributed by atoms with van der Waals surface area (Å²) in [6.07, 6.45) is 0.0392. The van der Waals surface area contributed by atoms with Crippen LogP contribution in [0.15, 0.2) is 46.2 Å². The fourth-order valence-electron chi connectivity index (χ4n) is 3.13. The quantitative estimate of drug-likeness (QED) is 0.753. The molecule has 28 heavy (non-hydrogen) atoms. The summed E-state index contributed by atoms with van der Waals surface area (Å²) >= 11 is 0. The van der Waals surface area contributed by atoms with Crippen LogP contribution in [0.1, 0.15) is 18.2 Å². The van der Waals surface area contributed by atoms with Gasteiger partial charge in [-0.1, -0.05) is 12.1 Å². The van der Waals surface area contributed by atoms with Gasteiger partial charge in [-0.3, -0.25) is 9.59 Å². The van der Waals surface area contributed by atoms with Gasteiger partial charge in [0.1, 0.15) is 17.3 Å². The fraction of sp³-hybridized carbons (Fsp3) is 0.105. The van der Waals surface area contributed by atoms with E-state index in [-0.39, 0.29) is 23.2 Å². The second-order valence-electron chi connectivity index (χ2n) is 6.25. The lowest BCUT2D eigenvalue weighted by atomic mass is 10.0. The molecule has 2 aromatic carbocycles. The predicted octanol–water partition coefficient (Wildman–Crippen LogP) is 2.72. The van der Waals surface area contributed by atoms with Crippen LogP contribution < -0.4 is 10.5 Å². The summed E-state index contributed by atoms with van der Waals surface area (Å²) in [7, 11) is 0. The van der Waals surface area contributed by atoms with Crippen LogP contribution in [0.4, 0.5) is 19.3 Å². The highest BCUT2D eigenvalue weighted by Crippen LogP contribution is 2.25. The van der Waals surface area contributed by atoms with Gasteiger partial charge in [-0.2, -0.15) is 10.1 Å². The van der Waals surface area contributed by atoms with Gasteiger partial charge in [-0.15, -0.1) is 0 Å². The van der Waals surface area contributed by atoms with E-state index in [0.29, 0.717) is 11.3 Å². The molecular formula is C19H12F2N4O3. The van der Waals surface area contributed by atoms with Gasteiger partial charge in [0.15, 0.2) is 0 Å². The number of carbonyl (C=O) groups excluding carboxylic acids is 2. The first-order chi connectivity index (χ1) is 13.4. The van der Waals surface area contributed by atoms with Crippen molar-refractivity contribution in [2.75, 3.05) is 4.90 Å². The van der Waals surface area contributed by atoms with Crippen molar-refractivity contribution in [3.05, 3.63) is 69.6 Å². The van der Waals surface area contributed by atoms with Gasteiger partial charge in [0.25, 0.3) is 11.5 Å². The molecule has 3 aromatic rings. The number of aromatic amines is 1. The summed E-state index contributed by atoms with van der Waals surface area (Å²) in [5.74, 6) is -2.14. The highest BCUT2D eigenvalue weighted by Gasteiger charge is 2.31. The van der Waals surface area contributed by atoms with Gasteiger partial charge in [0.05, 0.1) is 16.8 Å². The number of nitrogens with zero attached hydrogens (tertiary/aromatic N) is 3. The zero-order valence-corrected chi connectivity index (χ0v) is 14.5. The van der Waals surface area contributed by atoms with Crippen LogP contribution in [0.25, 0.3) is 10.8 Å². The number of aromatic nitrogens is 2. The van der Waals surface area contributed by atoms with Gasteiger partial charge >= 0.3 is 6.03 Å². The van der Waals surface area contributed by atoms with Crippen molar-refractivity contribution in [3.63, 3.8) is 0 Å². The summed E-state index contributed by atoms with van der Waals surface area (Å²) in [6.45, 7) is 1.44. The molecule has 140 valence electrons. The molecule has 0 atom stereocenters. The minimum atomic E-state index is -0.851. The molecule has 3 amide bonds. The van der Waals surface area contributed by atoms with E-state index < -0.39 is 34.5 Å².